The molecule has 1 N–H and O–H groups in total. The van der Waals surface area contributed by atoms with Crippen LogP contribution < -0.4 is 0 Å². The number of hydrogen-bond acceptors (Lipinski definition) is 2. The van der Waals surface area contributed by atoms with Crippen LogP contribution in [0.3, 0.4) is 0 Å². The Labute approximate surface area is 66.0 Å². The summed E-state index contributed by atoms with van der Waals surface area (Å²) in [7, 11) is 0. The highest BCUT2D eigenvalue weighted by atomic mass is 16.4. The maximum Gasteiger partial charge on any atom is 0.320 e. The van der Waals surface area contributed by atoms with Crippen molar-refractivity contribution in [2.45, 2.75) is 25.3 Å². The maximum absolute atomic E-state index is 10.7. The molecule has 62 valence electrons. The molecule has 2 saturated heterocycles. The van der Waals surface area contributed by atoms with Gasteiger partial charge < -0.3 is 5.11 Å². The summed E-state index contributed by atoms with van der Waals surface area (Å²) in [4.78, 5) is 12.8. The molecule has 0 aliphatic carbocycles. The lowest BCUT2D eigenvalue weighted by Crippen LogP contribution is -2.37. The molecule has 2 heterocycles. The van der Waals surface area contributed by atoms with E-state index in [0.29, 0.717) is 5.92 Å². The van der Waals surface area contributed by atoms with Crippen LogP contribution in [0.4, 0.5) is 0 Å². The molecule has 3 heteroatoms. The molecular weight excluding hydrogens is 142 g/mol. The Morgan fingerprint density at radius 3 is 3.00 bits per heavy atom. The van der Waals surface area contributed by atoms with Gasteiger partial charge in [-0.15, -0.1) is 0 Å². The van der Waals surface area contributed by atoms with Crippen molar-refractivity contribution in [2.75, 3.05) is 13.1 Å². The molecule has 0 radical (unpaired) electrons. The molecule has 1 unspecified atom stereocenters. The fourth-order valence-electron chi connectivity index (χ4n) is 2.29. The first-order valence-corrected chi connectivity index (χ1v) is 4.24. The quantitative estimate of drug-likeness (QED) is 0.601. The molecule has 2 bridgehead atoms. The van der Waals surface area contributed by atoms with Crippen LogP contribution >= 0.6 is 0 Å². The topological polar surface area (TPSA) is 40.5 Å². The van der Waals surface area contributed by atoms with Crippen molar-refractivity contribution < 1.29 is 9.90 Å². The zero-order chi connectivity index (χ0) is 7.84. The largest absolute Gasteiger partial charge is 0.480 e. The van der Waals surface area contributed by atoms with Crippen molar-refractivity contribution in [2.24, 2.45) is 5.92 Å². The highest BCUT2D eigenvalue weighted by molar-refractivity contribution is 5.73. The van der Waals surface area contributed by atoms with Crippen LogP contribution in [0, 0.1) is 5.92 Å². The van der Waals surface area contributed by atoms with E-state index in [2.05, 4.69) is 4.90 Å². The predicted molar refractivity (Wildman–Crippen MR) is 40.3 cm³/mol. The van der Waals surface area contributed by atoms with Crippen LogP contribution in [-0.4, -0.2) is 35.1 Å². The van der Waals surface area contributed by atoms with Crippen molar-refractivity contribution in [3.05, 3.63) is 0 Å². The SMILES string of the molecule is O=C(O)[C@H]1C[C@@H]2CCCN1C2. The molecular formula is C8H13NO2. The Morgan fingerprint density at radius 1 is 1.55 bits per heavy atom. The molecule has 0 saturated carbocycles. The van der Waals surface area contributed by atoms with E-state index >= 15 is 0 Å². The number of carboxylic acid groups (broad SMARTS) is 1. The van der Waals surface area contributed by atoms with Gasteiger partial charge in [0.15, 0.2) is 0 Å². The van der Waals surface area contributed by atoms with Crippen molar-refractivity contribution in [1.82, 2.24) is 4.90 Å². The molecule has 0 aromatic rings. The molecule has 2 fully saturated rings. The van der Waals surface area contributed by atoms with Gasteiger partial charge in [0, 0.05) is 6.54 Å². The second kappa shape index (κ2) is 2.48. The van der Waals surface area contributed by atoms with E-state index in [9.17, 15) is 4.79 Å². The lowest BCUT2D eigenvalue weighted by atomic mass is 10.00. The number of carboxylic acids is 1. The fraction of sp³-hybridized carbons (Fsp3) is 0.875. The summed E-state index contributed by atoms with van der Waals surface area (Å²) < 4.78 is 0. The van der Waals surface area contributed by atoms with Crippen LogP contribution in [0.5, 0.6) is 0 Å². The van der Waals surface area contributed by atoms with Gasteiger partial charge in [-0.3, -0.25) is 9.69 Å². The van der Waals surface area contributed by atoms with E-state index < -0.39 is 5.97 Å². The van der Waals surface area contributed by atoms with Crippen molar-refractivity contribution in [3.8, 4) is 0 Å². The summed E-state index contributed by atoms with van der Waals surface area (Å²) in [6.07, 6.45) is 3.31. The van der Waals surface area contributed by atoms with Crippen molar-refractivity contribution >= 4 is 5.97 Å². The van der Waals surface area contributed by atoms with E-state index in [-0.39, 0.29) is 6.04 Å². The number of aliphatic carboxylic acids is 1. The summed E-state index contributed by atoms with van der Waals surface area (Å²) >= 11 is 0. The summed E-state index contributed by atoms with van der Waals surface area (Å²) in [6.45, 7) is 2.02. The van der Waals surface area contributed by atoms with Gasteiger partial charge in [0.1, 0.15) is 6.04 Å². The summed E-state index contributed by atoms with van der Waals surface area (Å²) in [5, 5.41) is 8.82. The minimum atomic E-state index is -0.630. The van der Waals surface area contributed by atoms with E-state index in [1.54, 1.807) is 0 Å². The Morgan fingerprint density at radius 2 is 2.36 bits per heavy atom. The molecule has 0 aromatic heterocycles. The highest BCUT2D eigenvalue weighted by Crippen LogP contribution is 2.31. The second-order valence-corrected chi connectivity index (χ2v) is 3.59. The van der Waals surface area contributed by atoms with Crippen LogP contribution in [0.2, 0.25) is 0 Å². The first kappa shape index (κ1) is 7.10. The molecule has 2 rings (SSSR count). The number of carbonyl (C=O) groups is 1. The molecule has 2 aliphatic heterocycles. The van der Waals surface area contributed by atoms with Gasteiger partial charge in [-0.1, -0.05) is 0 Å². The maximum atomic E-state index is 10.7. The van der Waals surface area contributed by atoms with Crippen LogP contribution in [0.1, 0.15) is 19.3 Å². The molecule has 0 aromatic carbocycles. The van der Waals surface area contributed by atoms with E-state index in [0.717, 1.165) is 19.5 Å². The van der Waals surface area contributed by atoms with E-state index in [4.69, 9.17) is 5.11 Å². The lowest BCUT2D eigenvalue weighted by molar-refractivity contribution is -0.142. The van der Waals surface area contributed by atoms with Gasteiger partial charge in [-0.2, -0.15) is 0 Å². The average molecular weight is 155 g/mol. The Balaban J connectivity index is 2.08. The van der Waals surface area contributed by atoms with Crippen LogP contribution in [0.15, 0.2) is 0 Å². The zero-order valence-electron chi connectivity index (χ0n) is 6.49. The van der Waals surface area contributed by atoms with E-state index in [1.807, 2.05) is 0 Å². The minimum absolute atomic E-state index is 0.164. The molecule has 0 amide bonds. The fourth-order valence-corrected chi connectivity index (χ4v) is 2.29. The lowest BCUT2D eigenvalue weighted by Gasteiger charge is -2.23. The number of hydrogen-bond donors (Lipinski definition) is 1. The molecule has 11 heavy (non-hydrogen) atoms. The van der Waals surface area contributed by atoms with Crippen LogP contribution in [0.25, 0.3) is 0 Å². The number of nitrogens with zero attached hydrogens (tertiary/aromatic N) is 1. The number of piperidine rings is 1. The van der Waals surface area contributed by atoms with Gasteiger partial charge in [-0.05, 0) is 31.7 Å². The Bertz CT molecular complexity index is 181. The van der Waals surface area contributed by atoms with Gasteiger partial charge in [0.05, 0.1) is 0 Å². The highest BCUT2D eigenvalue weighted by Gasteiger charge is 2.38. The normalized spacial score (nSPS) is 42.4. The summed E-state index contributed by atoms with van der Waals surface area (Å²) in [5.74, 6) is 0.0410. The first-order chi connectivity index (χ1) is 5.27. The third-order valence-electron chi connectivity index (χ3n) is 2.83. The van der Waals surface area contributed by atoms with Crippen LogP contribution in [-0.2, 0) is 4.79 Å². The standard InChI is InChI=1S/C8H13NO2/c10-8(11)7-4-6-2-1-3-9(7)5-6/h6-7H,1-5H2,(H,10,11)/t6-,7+/m0/s1. The second-order valence-electron chi connectivity index (χ2n) is 3.59. The Kier molecular flexibility index (Phi) is 1.60. The number of rotatable bonds is 1. The zero-order valence-corrected chi connectivity index (χ0v) is 6.49. The predicted octanol–water partition coefficient (Wildman–Crippen LogP) is 0.555. The summed E-state index contributed by atoms with van der Waals surface area (Å²) in [6, 6.07) is -0.164. The number of fused-ring (bicyclic) bond motifs is 2. The van der Waals surface area contributed by atoms with Gasteiger partial charge in [0.25, 0.3) is 0 Å². The van der Waals surface area contributed by atoms with E-state index in [1.165, 1.54) is 12.8 Å². The third kappa shape index (κ3) is 1.13. The molecule has 3 atom stereocenters. The average Bonchev–Trinajstić information content (AvgIpc) is 2.27. The third-order valence-corrected chi connectivity index (χ3v) is 2.83. The minimum Gasteiger partial charge on any atom is -0.480 e. The summed E-state index contributed by atoms with van der Waals surface area (Å²) in [5.41, 5.74) is 0. The molecule has 3 nitrogen and oxygen atoms in total. The monoisotopic (exact) mass is 155 g/mol. The van der Waals surface area contributed by atoms with Crippen molar-refractivity contribution in [3.63, 3.8) is 0 Å². The Hall–Kier alpha value is -0.570. The molecule has 0 spiro atoms. The van der Waals surface area contributed by atoms with Gasteiger partial charge >= 0.3 is 5.97 Å². The first-order valence-electron chi connectivity index (χ1n) is 4.24. The van der Waals surface area contributed by atoms with Crippen molar-refractivity contribution in [1.29, 1.82) is 0 Å². The van der Waals surface area contributed by atoms with Gasteiger partial charge in [0.2, 0.25) is 0 Å². The van der Waals surface area contributed by atoms with Gasteiger partial charge in [-0.25, -0.2) is 0 Å². The smallest absolute Gasteiger partial charge is 0.320 e. The molecule has 2 aliphatic rings.